The molecule has 0 aromatic carbocycles. The lowest BCUT2D eigenvalue weighted by molar-refractivity contribution is -0.148. The van der Waals surface area contributed by atoms with E-state index in [1.165, 1.54) is 45.6 Å². The lowest BCUT2D eigenvalue weighted by Gasteiger charge is -2.26. The van der Waals surface area contributed by atoms with E-state index in [4.69, 9.17) is 15.2 Å². The number of nitrogens with two attached hydrogens (primary N) is 1. The normalized spacial score (nSPS) is 22.3. The molecule has 112 valence electrons. The Balaban J connectivity index is 2.30. The maximum absolute atomic E-state index is 11.5. The van der Waals surface area contributed by atoms with Crippen LogP contribution in [0.15, 0.2) is 0 Å². The van der Waals surface area contributed by atoms with Crippen LogP contribution < -0.4 is 5.73 Å². The van der Waals surface area contributed by atoms with E-state index in [0.717, 1.165) is 6.61 Å². The summed E-state index contributed by atoms with van der Waals surface area (Å²) in [5.74, 6) is 0.296. The van der Waals surface area contributed by atoms with Crippen molar-refractivity contribution in [2.75, 3.05) is 13.7 Å². The molecule has 1 aliphatic rings. The van der Waals surface area contributed by atoms with Crippen LogP contribution in [0.1, 0.15) is 58.8 Å². The van der Waals surface area contributed by atoms with E-state index < -0.39 is 5.54 Å². The van der Waals surface area contributed by atoms with Crippen molar-refractivity contribution < 1.29 is 14.3 Å². The van der Waals surface area contributed by atoms with Gasteiger partial charge in [0.15, 0.2) is 0 Å². The zero-order valence-corrected chi connectivity index (χ0v) is 12.6. The second-order valence-corrected chi connectivity index (χ2v) is 6.11. The number of carbonyl (C=O) groups is 1. The highest BCUT2D eigenvalue weighted by Gasteiger charge is 2.31. The molecule has 1 fully saturated rings. The second-order valence-electron chi connectivity index (χ2n) is 6.11. The van der Waals surface area contributed by atoms with Gasteiger partial charge in [-0.15, -0.1) is 0 Å². The Morgan fingerprint density at radius 3 is 2.42 bits per heavy atom. The fraction of sp³-hybridized carbons (Fsp3) is 0.933. The summed E-state index contributed by atoms with van der Waals surface area (Å²) in [7, 11) is 1.37. The summed E-state index contributed by atoms with van der Waals surface area (Å²) in [6.45, 7) is 4.47. The third-order valence-corrected chi connectivity index (χ3v) is 3.95. The number of methoxy groups -OCH3 is 1. The Bertz CT molecular complexity index is 271. The maximum atomic E-state index is 11.5. The average Bonchev–Trinajstić information content (AvgIpc) is 2.63. The van der Waals surface area contributed by atoms with Crippen molar-refractivity contribution in [3.8, 4) is 0 Å². The van der Waals surface area contributed by atoms with Crippen LogP contribution in [-0.4, -0.2) is 31.3 Å². The van der Waals surface area contributed by atoms with E-state index in [2.05, 4.69) is 0 Å². The number of ether oxygens (including phenoxy) is 2. The molecular weight excluding hydrogens is 242 g/mol. The van der Waals surface area contributed by atoms with Gasteiger partial charge in [-0.1, -0.05) is 25.7 Å². The van der Waals surface area contributed by atoms with Crippen LogP contribution in [0.4, 0.5) is 0 Å². The highest BCUT2D eigenvalue weighted by atomic mass is 16.5. The minimum Gasteiger partial charge on any atom is -0.468 e. The molecule has 0 heterocycles. The van der Waals surface area contributed by atoms with E-state index in [1.54, 1.807) is 6.92 Å². The average molecular weight is 271 g/mol. The Labute approximate surface area is 117 Å². The van der Waals surface area contributed by atoms with Crippen LogP contribution in [0.5, 0.6) is 0 Å². The lowest BCUT2D eigenvalue weighted by Crippen LogP contribution is -2.48. The smallest absolute Gasteiger partial charge is 0.325 e. The molecule has 0 aliphatic heterocycles. The van der Waals surface area contributed by atoms with Crippen LogP contribution in [0, 0.1) is 5.92 Å². The van der Waals surface area contributed by atoms with Gasteiger partial charge in [-0.2, -0.15) is 0 Å². The summed E-state index contributed by atoms with van der Waals surface area (Å²) < 4.78 is 10.6. The second kappa shape index (κ2) is 7.85. The minimum absolute atomic E-state index is 0.0163. The molecule has 19 heavy (non-hydrogen) atoms. The number of carbonyl (C=O) groups excluding carboxylic acids is 1. The molecule has 0 aromatic rings. The topological polar surface area (TPSA) is 61.5 Å². The van der Waals surface area contributed by atoms with Crippen LogP contribution >= 0.6 is 0 Å². The highest BCUT2D eigenvalue weighted by Crippen LogP contribution is 2.24. The lowest BCUT2D eigenvalue weighted by atomic mass is 9.96. The summed E-state index contributed by atoms with van der Waals surface area (Å²) in [4.78, 5) is 11.5. The van der Waals surface area contributed by atoms with Gasteiger partial charge in [0.05, 0.1) is 13.2 Å². The van der Waals surface area contributed by atoms with Crippen LogP contribution in [0.25, 0.3) is 0 Å². The van der Waals surface area contributed by atoms with Crippen LogP contribution in [0.2, 0.25) is 0 Å². The molecule has 4 heteroatoms. The minimum atomic E-state index is -0.961. The van der Waals surface area contributed by atoms with Crippen molar-refractivity contribution in [1.82, 2.24) is 0 Å². The molecule has 2 N–H and O–H groups in total. The van der Waals surface area contributed by atoms with Gasteiger partial charge in [-0.25, -0.2) is 0 Å². The van der Waals surface area contributed by atoms with Crippen molar-refractivity contribution in [3.05, 3.63) is 0 Å². The van der Waals surface area contributed by atoms with Crippen molar-refractivity contribution in [3.63, 3.8) is 0 Å². The number of esters is 1. The first-order valence-corrected chi connectivity index (χ1v) is 7.44. The van der Waals surface area contributed by atoms with Gasteiger partial charge in [-0.3, -0.25) is 4.79 Å². The first-order valence-electron chi connectivity index (χ1n) is 7.44. The third kappa shape index (κ3) is 5.91. The molecular formula is C15H29NO3. The van der Waals surface area contributed by atoms with Gasteiger partial charge in [-0.05, 0) is 32.6 Å². The Morgan fingerprint density at radius 1 is 1.32 bits per heavy atom. The van der Waals surface area contributed by atoms with E-state index in [0.29, 0.717) is 12.3 Å². The fourth-order valence-electron chi connectivity index (χ4n) is 2.80. The third-order valence-electron chi connectivity index (χ3n) is 3.95. The van der Waals surface area contributed by atoms with E-state index in [-0.39, 0.29) is 12.1 Å². The highest BCUT2D eigenvalue weighted by molar-refractivity contribution is 5.79. The van der Waals surface area contributed by atoms with Gasteiger partial charge in [0.2, 0.25) is 0 Å². The number of hydrogen-bond donors (Lipinski definition) is 1. The van der Waals surface area contributed by atoms with Crippen LogP contribution in [0.3, 0.4) is 0 Å². The zero-order chi connectivity index (χ0) is 14.3. The van der Waals surface area contributed by atoms with E-state index >= 15 is 0 Å². The van der Waals surface area contributed by atoms with E-state index in [1.807, 2.05) is 6.92 Å². The Kier molecular flexibility index (Phi) is 6.80. The van der Waals surface area contributed by atoms with Gasteiger partial charge < -0.3 is 15.2 Å². The first-order chi connectivity index (χ1) is 8.95. The Hall–Kier alpha value is -0.610. The molecule has 0 radical (unpaired) electrons. The Morgan fingerprint density at radius 2 is 1.89 bits per heavy atom. The molecule has 0 bridgehead atoms. The quantitative estimate of drug-likeness (QED) is 0.596. The summed E-state index contributed by atoms with van der Waals surface area (Å²) >= 11 is 0. The molecule has 1 aliphatic carbocycles. The molecule has 2 atom stereocenters. The molecule has 1 saturated carbocycles. The van der Waals surface area contributed by atoms with Gasteiger partial charge in [0, 0.05) is 13.0 Å². The van der Waals surface area contributed by atoms with Crippen molar-refractivity contribution in [2.45, 2.75) is 70.4 Å². The maximum Gasteiger partial charge on any atom is 0.325 e. The predicted octanol–water partition coefficient (Wildman–Crippen LogP) is 2.64. The first kappa shape index (κ1) is 16.4. The standard InChI is InChI=1S/C15H29NO3/c1-12(10-15(2,16)14(17)18-3)19-11-13-8-6-4-5-7-9-13/h12-13H,4-11,16H2,1-3H3. The molecule has 0 spiro atoms. The number of hydrogen-bond acceptors (Lipinski definition) is 4. The molecule has 0 amide bonds. The monoisotopic (exact) mass is 271 g/mol. The summed E-state index contributed by atoms with van der Waals surface area (Å²) in [5, 5.41) is 0. The molecule has 4 nitrogen and oxygen atoms in total. The van der Waals surface area contributed by atoms with Gasteiger partial charge in [0.1, 0.15) is 5.54 Å². The fourth-order valence-corrected chi connectivity index (χ4v) is 2.80. The number of rotatable bonds is 6. The predicted molar refractivity (Wildman–Crippen MR) is 75.8 cm³/mol. The zero-order valence-electron chi connectivity index (χ0n) is 12.6. The molecule has 0 saturated heterocycles. The van der Waals surface area contributed by atoms with Gasteiger partial charge >= 0.3 is 5.97 Å². The van der Waals surface area contributed by atoms with E-state index in [9.17, 15) is 4.79 Å². The summed E-state index contributed by atoms with van der Waals surface area (Å²) in [5.41, 5.74) is 4.99. The molecule has 2 unspecified atom stereocenters. The molecule has 0 aromatic heterocycles. The van der Waals surface area contributed by atoms with Crippen molar-refractivity contribution in [2.24, 2.45) is 11.7 Å². The SMILES string of the molecule is COC(=O)C(C)(N)CC(C)OCC1CCCCCC1. The molecule has 1 rings (SSSR count). The van der Waals surface area contributed by atoms with Crippen molar-refractivity contribution >= 4 is 5.97 Å². The van der Waals surface area contributed by atoms with Gasteiger partial charge in [0.25, 0.3) is 0 Å². The summed E-state index contributed by atoms with van der Waals surface area (Å²) in [6.07, 6.45) is 8.36. The largest absolute Gasteiger partial charge is 0.468 e. The van der Waals surface area contributed by atoms with Crippen LogP contribution in [-0.2, 0) is 14.3 Å². The summed E-state index contributed by atoms with van der Waals surface area (Å²) in [6, 6.07) is 0. The van der Waals surface area contributed by atoms with Crippen molar-refractivity contribution in [1.29, 1.82) is 0 Å².